The lowest BCUT2D eigenvalue weighted by molar-refractivity contribution is -0.385. The number of nitro groups is 1. The van der Waals surface area contributed by atoms with Crippen molar-refractivity contribution in [3.05, 3.63) is 50.3 Å². The van der Waals surface area contributed by atoms with Gasteiger partial charge < -0.3 is 4.90 Å². The van der Waals surface area contributed by atoms with Crippen molar-refractivity contribution in [2.45, 2.75) is 25.2 Å². The highest BCUT2D eigenvalue weighted by molar-refractivity contribution is 7.89. The molecule has 0 saturated carbocycles. The van der Waals surface area contributed by atoms with Crippen LogP contribution in [0.4, 0.5) is 5.69 Å². The predicted octanol–water partition coefficient (Wildman–Crippen LogP) is 2.12. The Kier molecular flexibility index (Phi) is 5.92. The quantitative estimate of drug-likeness (QED) is 0.571. The van der Waals surface area contributed by atoms with Gasteiger partial charge in [0, 0.05) is 37.3 Å². The van der Waals surface area contributed by atoms with E-state index in [9.17, 15) is 23.3 Å². The molecule has 0 atom stereocenters. The number of aromatic nitrogens is 2. The summed E-state index contributed by atoms with van der Waals surface area (Å²) in [6.07, 6.45) is 0.398. The SMILES string of the molecule is Cc1n[nH]c(C)c1S(=O)(=O)N1CCCN(C(=O)c2cc(Cl)ccc2[N+](=O)[O-])CC1. The molecule has 12 heteroatoms. The van der Waals surface area contributed by atoms with Crippen LogP contribution in [0, 0.1) is 24.0 Å². The number of benzene rings is 1. The van der Waals surface area contributed by atoms with Crippen molar-refractivity contribution >= 4 is 33.2 Å². The van der Waals surface area contributed by atoms with Gasteiger partial charge >= 0.3 is 0 Å². The molecule has 1 amide bonds. The standard InChI is InChI=1S/C17H20ClN5O5S/c1-11-16(12(2)20-19-11)29(27,28)22-7-3-6-21(8-9-22)17(24)14-10-13(18)4-5-15(14)23(25)26/h4-5,10H,3,6-9H2,1-2H3,(H,19,20). The Hall–Kier alpha value is -2.50. The first-order chi connectivity index (χ1) is 13.6. The Morgan fingerprint density at radius 2 is 1.97 bits per heavy atom. The van der Waals surface area contributed by atoms with Gasteiger partial charge in [-0.15, -0.1) is 0 Å². The first-order valence-corrected chi connectivity index (χ1v) is 10.7. The molecule has 2 aromatic rings. The lowest BCUT2D eigenvalue weighted by atomic mass is 10.1. The molecule has 1 saturated heterocycles. The number of aryl methyl sites for hydroxylation is 2. The van der Waals surface area contributed by atoms with Gasteiger partial charge in [0.1, 0.15) is 10.5 Å². The van der Waals surface area contributed by atoms with Crippen LogP contribution in [0.5, 0.6) is 0 Å². The molecule has 0 aliphatic carbocycles. The predicted molar refractivity (Wildman–Crippen MR) is 105 cm³/mol. The Bertz CT molecular complexity index is 1050. The second-order valence-electron chi connectivity index (χ2n) is 6.73. The molecule has 0 radical (unpaired) electrons. The number of nitrogens with zero attached hydrogens (tertiary/aromatic N) is 4. The third-order valence-electron chi connectivity index (χ3n) is 4.79. The van der Waals surface area contributed by atoms with Crippen molar-refractivity contribution < 1.29 is 18.1 Å². The lowest BCUT2D eigenvalue weighted by Crippen LogP contribution is -2.37. The molecule has 0 bridgehead atoms. The van der Waals surface area contributed by atoms with Crippen molar-refractivity contribution in [1.29, 1.82) is 0 Å². The van der Waals surface area contributed by atoms with Crippen molar-refractivity contribution in [1.82, 2.24) is 19.4 Å². The molecule has 1 aliphatic rings. The minimum absolute atomic E-state index is 0.0759. The van der Waals surface area contributed by atoms with Gasteiger partial charge in [0.25, 0.3) is 11.6 Å². The maximum Gasteiger partial charge on any atom is 0.282 e. The molecule has 29 heavy (non-hydrogen) atoms. The van der Waals surface area contributed by atoms with E-state index < -0.39 is 20.9 Å². The highest BCUT2D eigenvalue weighted by atomic mass is 35.5. The second-order valence-corrected chi connectivity index (χ2v) is 9.04. The summed E-state index contributed by atoms with van der Waals surface area (Å²) in [4.78, 5) is 25.1. The first kappa shape index (κ1) is 21.2. The minimum Gasteiger partial charge on any atom is -0.337 e. The fourth-order valence-electron chi connectivity index (χ4n) is 3.40. The average molecular weight is 442 g/mol. The maximum absolute atomic E-state index is 13.0. The molecule has 156 valence electrons. The summed E-state index contributed by atoms with van der Waals surface area (Å²) in [5, 5.41) is 18.1. The smallest absolute Gasteiger partial charge is 0.282 e. The minimum atomic E-state index is -3.77. The van der Waals surface area contributed by atoms with Crippen LogP contribution < -0.4 is 0 Å². The number of carbonyl (C=O) groups excluding carboxylic acids is 1. The molecule has 1 aliphatic heterocycles. The van der Waals surface area contributed by atoms with E-state index in [1.165, 1.54) is 27.4 Å². The van der Waals surface area contributed by atoms with Crippen LogP contribution in [0.15, 0.2) is 23.1 Å². The first-order valence-electron chi connectivity index (χ1n) is 8.88. The number of hydrogen-bond acceptors (Lipinski definition) is 6. The molecule has 0 unspecified atom stereocenters. The number of nitrogens with one attached hydrogen (secondary N) is 1. The van der Waals surface area contributed by atoms with E-state index in [1.54, 1.807) is 13.8 Å². The van der Waals surface area contributed by atoms with Crippen LogP contribution in [-0.4, -0.2) is 64.8 Å². The normalized spacial score (nSPS) is 15.9. The van der Waals surface area contributed by atoms with Crippen LogP contribution in [0.3, 0.4) is 0 Å². The Morgan fingerprint density at radius 1 is 1.24 bits per heavy atom. The van der Waals surface area contributed by atoms with E-state index in [1.807, 2.05) is 0 Å². The lowest BCUT2D eigenvalue weighted by Gasteiger charge is -2.22. The van der Waals surface area contributed by atoms with E-state index in [0.717, 1.165) is 0 Å². The number of H-pyrrole nitrogens is 1. The number of halogens is 1. The van der Waals surface area contributed by atoms with Gasteiger partial charge in [0.2, 0.25) is 10.0 Å². The van der Waals surface area contributed by atoms with Gasteiger partial charge in [0.15, 0.2) is 0 Å². The molecule has 2 heterocycles. The summed E-state index contributed by atoms with van der Waals surface area (Å²) >= 11 is 5.92. The molecule has 10 nitrogen and oxygen atoms in total. The second kappa shape index (κ2) is 8.09. The number of rotatable bonds is 4. The van der Waals surface area contributed by atoms with Gasteiger partial charge in [-0.05, 0) is 32.4 Å². The molecule has 1 fully saturated rings. The van der Waals surface area contributed by atoms with Gasteiger partial charge in [-0.25, -0.2) is 8.42 Å². The summed E-state index contributed by atoms with van der Waals surface area (Å²) in [5.74, 6) is -0.547. The third kappa shape index (κ3) is 4.11. The van der Waals surface area contributed by atoms with Crippen molar-refractivity contribution in [3.8, 4) is 0 Å². The molecular weight excluding hydrogens is 422 g/mol. The number of aromatic amines is 1. The van der Waals surface area contributed by atoms with Crippen LogP contribution in [-0.2, 0) is 10.0 Å². The van der Waals surface area contributed by atoms with E-state index in [-0.39, 0.29) is 47.3 Å². The van der Waals surface area contributed by atoms with Crippen LogP contribution in [0.25, 0.3) is 0 Å². The highest BCUT2D eigenvalue weighted by Gasteiger charge is 2.33. The largest absolute Gasteiger partial charge is 0.337 e. The van der Waals surface area contributed by atoms with Crippen LogP contribution in [0.2, 0.25) is 5.02 Å². The summed E-state index contributed by atoms with van der Waals surface area (Å²) < 4.78 is 27.4. The van der Waals surface area contributed by atoms with Crippen LogP contribution in [0.1, 0.15) is 28.2 Å². The highest BCUT2D eigenvalue weighted by Crippen LogP contribution is 2.26. The Morgan fingerprint density at radius 3 is 2.59 bits per heavy atom. The van der Waals surface area contributed by atoms with E-state index in [0.29, 0.717) is 17.8 Å². The topological polar surface area (TPSA) is 130 Å². The number of amides is 1. The molecule has 0 spiro atoms. The van der Waals surface area contributed by atoms with Gasteiger partial charge in [-0.3, -0.25) is 20.0 Å². The number of nitro benzene ring substituents is 1. The summed E-state index contributed by atoms with van der Waals surface area (Å²) in [6.45, 7) is 3.94. The average Bonchev–Trinajstić information content (AvgIpc) is 2.85. The van der Waals surface area contributed by atoms with Gasteiger partial charge in [-0.2, -0.15) is 9.40 Å². The van der Waals surface area contributed by atoms with E-state index in [4.69, 9.17) is 11.6 Å². The third-order valence-corrected chi connectivity index (χ3v) is 7.18. The Labute approximate surface area is 172 Å². The van der Waals surface area contributed by atoms with E-state index in [2.05, 4.69) is 10.2 Å². The zero-order valence-electron chi connectivity index (χ0n) is 15.9. The monoisotopic (exact) mass is 441 g/mol. The van der Waals surface area contributed by atoms with Gasteiger partial charge in [-0.1, -0.05) is 11.6 Å². The maximum atomic E-state index is 13.0. The molecule has 1 aromatic carbocycles. The number of sulfonamides is 1. The zero-order chi connectivity index (χ0) is 21.3. The summed E-state index contributed by atoms with van der Waals surface area (Å²) in [5.41, 5.74) is 0.390. The van der Waals surface area contributed by atoms with E-state index >= 15 is 0 Å². The van der Waals surface area contributed by atoms with Crippen molar-refractivity contribution in [2.24, 2.45) is 0 Å². The molecular formula is C17H20ClN5O5S. The fraction of sp³-hybridized carbons (Fsp3) is 0.412. The number of hydrogen-bond donors (Lipinski definition) is 1. The fourth-order valence-corrected chi connectivity index (χ4v) is 5.37. The molecule has 3 rings (SSSR count). The van der Waals surface area contributed by atoms with Crippen molar-refractivity contribution in [3.63, 3.8) is 0 Å². The van der Waals surface area contributed by atoms with Crippen LogP contribution >= 0.6 is 11.6 Å². The molecule has 1 N–H and O–H groups in total. The van der Waals surface area contributed by atoms with Gasteiger partial charge in [0.05, 0.1) is 16.3 Å². The summed E-state index contributed by atoms with van der Waals surface area (Å²) in [6, 6.07) is 3.80. The Balaban J connectivity index is 1.83. The van der Waals surface area contributed by atoms with Crippen molar-refractivity contribution in [2.75, 3.05) is 26.2 Å². The molecule has 1 aromatic heterocycles. The summed E-state index contributed by atoms with van der Waals surface area (Å²) in [7, 11) is -3.77. The zero-order valence-corrected chi connectivity index (χ0v) is 17.5. The number of carbonyl (C=O) groups is 1.